The zero-order valence-electron chi connectivity index (χ0n) is 10.2. The molecule has 0 N–H and O–H groups in total. The summed E-state index contributed by atoms with van der Waals surface area (Å²) in [7, 11) is 1.57. The highest BCUT2D eigenvalue weighted by Crippen LogP contribution is 2.27. The van der Waals surface area contributed by atoms with Gasteiger partial charge in [0, 0.05) is 11.4 Å². The lowest BCUT2D eigenvalue weighted by atomic mass is 10.1. The van der Waals surface area contributed by atoms with Crippen LogP contribution in [0, 0.1) is 6.92 Å². The van der Waals surface area contributed by atoms with Crippen LogP contribution in [0.4, 0.5) is 0 Å². The van der Waals surface area contributed by atoms with Gasteiger partial charge in [-0.05, 0) is 35.6 Å². The molecule has 0 bridgehead atoms. The molecule has 0 saturated carbocycles. The number of ether oxygens (including phenoxy) is 1. The molecule has 18 heavy (non-hydrogen) atoms. The van der Waals surface area contributed by atoms with Crippen molar-refractivity contribution < 1.29 is 9.53 Å². The van der Waals surface area contributed by atoms with Crippen molar-refractivity contribution in [1.82, 2.24) is 0 Å². The predicted molar refractivity (Wildman–Crippen MR) is 75.1 cm³/mol. The molecular formula is C14H13ClO2S. The van der Waals surface area contributed by atoms with Gasteiger partial charge in [-0.2, -0.15) is 0 Å². The number of methoxy groups -OCH3 is 1. The second kappa shape index (κ2) is 5.55. The van der Waals surface area contributed by atoms with Gasteiger partial charge in [-0.15, -0.1) is 11.3 Å². The predicted octanol–water partition coefficient (Wildman–Crippen LogP) is 4.14. The molecule has 2 aromatic rings. The quantitative estimate of drug-likeness (QED) is 0.787. The maximum Gasteiger partial charge on any atom is 0.180 e. The molecule has 94 valence electrons. The van der Waals surface area contributed by atoms with E-state index < -0.39 is 0 Å². The average Bonchev–Trinajstić information content (AvgIpc) is 2.81. The Labute approximate surface area is 115 Å². The molecule has 1 heterocycles. The highest BCUT2D eigenvalue weighted by Gasteiger charge is 2.15. The number of hydrogen-bond acceptors (Lipinski definition) is 3. The summed E-state index contributed by atoms with van der Waals surface area (Å²) in [5.74, 6) is 0.667. The maximum absolute atomic E-state index is 12.2. The van der Waals surface area contributed by atoms with E-state index in [-0.39, 0.29) is 5.78 Å². The molecule has 4 heteroatoms. The molecule has 1 aromatic carbocycles. The van der Waals surface area contributed by atoms with Crippen molar-refractivity contribution in [2.75, 3.05) is 7.11 Å². The van der Waals surface area contributed by atoms with Gasteiger partial charge < -0.3 is 4.74 Å². The summed E-state index contributed by atoms with van der Waals surface area (Å²) >= 11 is 7.52. The number of thiophene rings is 1. The van der Waals surface area contributed by atoms with E-state index in [0.717, 1.165) is 11.1 Å². The van der Waals surface area contributed by atoms with Crippen molar-refractivity contribution in [1.29, 1.82) is 0 Å². The van der Waals surface area contributed by atoms with Crippen molar-refractivity contribution in [3.8, 4) is 5.75 Å². The Morgan fingerprint density at radius 1 is 1.39 bits per heavy atom. The van der Waals surface area contributed by atoms with Gasteiger partial charge in [0.2, 0.25) is 0 Å². The molecule has 0 aliphatic rings. The molecule has 0 fully saturated rings. The van der Waals surface area contributed by atoms with Gasteiger partial charge in [0.05, 0.1) is 7.11 Å². The Kier molecular flexibility index (Phi) is 4.04. The van der Waals surface area contributed by atoms with E-state index >= 15 is 0 Å². The molecule has 0 spiro atoms. The minimum atomic E-state index is 0.0348. The Hall–Kier alpha value is -1.32. The minimum Gasteiger partial charge on any atom is -0.495 e. The fourth-order valence-corrected chi connectivity index (χ4v) is 2.81. The van der Waals surface area contributed by atoms with Crippen LogP contribution < -0.4 is 4.74 Å². The third-order valence-corrected chi connectivity index (χ3v) is 3.95. The first kappa shape index (κ1) is 13.1. The molecule has 0 atom stereocenters. The lowest BCUT2D eigenvalue weighted by Gasteiger charge is -2.05. The van der Waals surface area contributed by atoms with Crippen LogP contribution in [0.3, 0.4) is 0 Å². The van der Waals surface area contributed by atoms with E-state index in [1.165, 1.54) is 11.3 Å². The van der Waals surface area contributed by atoms with Crippen LogP contribution >= 0.6 is 22.9 Å². The van der Waals surface area contributed by atoms with E-state index in [9.17, 15) is 4.79 Å². The van der Waals surface area contributed by atoms with Crippen molar-refractivity contribution in [3.63, 3.8) is 0 Å². The molecule has 0 aliphatic carbocycles. The zero-order chi connectivity index (χ0) is 13.1. The van der Waals surface area contributed by atoms with Crippen molar-refractivity contribution in [2.45, 2.75) is 13.3 Å². The SMILES string of the molecule is COc1ccsc1C(=O)Cc1ccc(C)cc1Cl. The van der Waals surface area contributed by atoms with Gasteiger partial charge in [-0.25, -0.2) is 0 Å². The normalized spacial score (nSPS) is 10.4. The smallest absolute Gasteiger partial charge is 0.180 e. The first-order valence-electron chi connectivity index (χ1n) is 5.51. The van der Waals surface area contributed by atoms with Crippen LogP contribution in [0.1, 0.15) is 20.8 Å². The van der Waals surface area contributed by atoms with Crippen LogP contribution in [-0.2, 0) is 6.42 Å². The summed E-state index contributed by atoms with van der Waals surface area (Å²) in [6, 6.07) is 7.53. The highest BCUT2D eigenvalue weighted by atomic mass is 35.5. The Morgan fingerprint density at radius 3 is 2.83 bits per heavy atom. The third kappa shape index (κ3) is 2.74. The Morgan fingerprint density at radius 2 is 2.17 bits per heavy atom. The fraction of sp³-hybridized carbons (Fsp3) is 0.214. The average molecular weight is 281 g/mol. The molecular weight excluding hydrogens is 268 g/mol. The second-order valence-electron chi connectivity index (χ2n) is 4.01. The van der Waals surface area contributed by atoms with E-state index in [0.29, 0.717) is 22.1 Å². The summed E-state index contributed by atoms with van der Waals surface area (Å²) in [4.78, 5) is 12.8. The van der Waals surface area contributed by atoms with Gasteiger partial charge in [-0.3, -0.25) is 4.79 Å². The van der Waals surface area contributed by atoms with Gasteiger partial charge in [-0.1, -0.05) is 23.7 Å². The van der Waals surface area contributed by atoms with Gasteiger partial charge in [0.1, 0.15) is 10.6 Å². The number of halogens is 1. The second-order valence-corrected chi connectivity index (χ2v) is 5.34. The van der Waals surface area contributed by atoms with Gasteiger partial charge in [0.15, 0.2) is 5.78 Å². The number of hydrogen-bond donors (Lipinski definition) is 0. The van der Waals surface area contributed by atoms with Crippen LogP contribution in [0.15, 0.2) is 29.6 Å². The van der Waals surface area contributed by atoms with Crippen LogP contribution in [0.5, 0.6) is 5.75 Å². The number of carbonyl (C=O) groups is 1. The fourth-order valence-electron chi connectivity index (χ4n) is 1.71. The molecule has 0 amide bonds. The van der Waals surface area contributed by atoms with E-state index in [1.807, 2.05) is 30.5 Å². The van der Waals surface area contributed by atoms with Crippen LogP contribution in [0.2, 0.25) is 5.02 Å². The molecule has 2 rings (SSSR count). The highest BCUT2D eigenvalue weighted by molar-refractivity contribution is 7.12. The topological polar surface area (TPSA) is 26.3 Å². The lowest BCUT2D eigenvalue weighted by Crippen LogP contribution is -2.03. The Balaban J connectivity index is 2.21. The molecule has 0 radical (unpaired) electrons. The molecule has 2 nitrogen and oxygen atoms in total. The maximum atomic E-state index is 12.2. The number of rotatable bonds is 4. The summed E-state index contributed by atoms with van der Waals surface area (Å²) in [5, 5.41) is 2.49. The van der Waals surface area contributed by atoms with Crippen LogP contribution in [0.25, 0.3) is 0 Å². The monoisotopic (exact) mass is 280 g/mol. The number of ketones is 1. The summed E-state index contributed by atoms with van der Waals surface area (Å²) in [5.41, 5.74) is 1.94. The number of Topliss-reactive ketones (excluding diaryl/α,β-unsaturated/α-hetero) is 1. The molecule has 0 aliphatic heterocycles. The number of benzene rings is 1. The Bertz CT molecular complexity index is 575. The summed E-state index contributed by atoms with van der Waals surface area (Å²) in [6.07, 6.45) is 0.302. The van der Waals surface area contributed by atoms with Crippen molar-refractivity contribution >= 4 is 28.7 Å². The van der Waals surface area contributed by atoms with Crippen molar-refractivity contribution in [3.05, 3.63) is 50.7 Å². The number of carbonyl (C=O) groups excluding carboxylic acids is 1. The standard InChI is InChI=1S/C14H13ClO2S/c1-9-3-4-10(11(15)7-9)8-12(16)14-13(17-2)5-6-18-14/h3-7H,8H2,1-2H3. The molecule has 1 aromatic heterocycles. The number of aryl methyl sites for hydroxylation is 1. The zero-order valence-corrected chi connectivity index (χ0v) is 11.8. The van der Waals surface area contributed by atoms with E-state index in [4.69, 9.17) is 16.3 Å². The summed E-state index contributed by atoms with van der Waals surface area (Å²) < 4.78 is 5.15. The first-order chi connectivity index (χ1) is 8.61. The molecule has 0 unspecified atom stereocenters. The minimum absolute atomic E-state index is 0.0348. The largest absolute Gasteiger partial charge is 0.495 e. The lowest BCUT2D eigenvalue weighted by molar-refractivity contribution is 0.0994. The summed E-state index contributed by atoms with van der Waals surface area (Å²) in [6.45, 7) is 1.97. The van der Waals surface area contributed by atoms with E-state index in [1.54, 1.807) is 13.2 Å². The molecule has 0 saturated heterocycles. The third-order valence-electron chi connectivity index (χ3n) is 2.66. The first-order valence-corrected chi connectivity index (χ1v) is 6.77. The van der Waals surface area contributed by atoms with Gasteiger partial charge in [0.25, 0.3) is 0 Å². The van der Waals surface area contributed by atoms with Gasteiger partial charge >= 0.3 is 0 Å². The van der Waals surface area contributed by atoms with E-state index in [2.05, 4.69) is 0 Å². The van der Waals surface area contributed by atoms with Crippen molar-refractivity contribution in [2.24, 2.45) is 0 Å². The van der Waals surface area contributed by atoms with Crippen LogP contribution in [-0.4, -0.2) is 12.9 Å².